The highest BCUT2D eigenvalue weighted by Crippen LogP contribution is 2.35. The first-order valence-corrected chi connectivity index (χ1v) is 9.03. The Morgan fingerprint density at radius 3 is 2.56 bits per heavy atom. The van der Waals surface area contributed by atoms with E-state index in [2.05, 4.69) is 0 Å². The van der Waals surface area contributed by atoms with Gasteiger partial charge in [-0.05, 0) is 42.0 Å². The summed E-state index contributed by atoms with van der Waals surface area (Å²) in [6, 6.07) is 14.7. The van der Waals surface area contributed by atoms with Crippen LogP contribution >= 0.6 is 35.6 Å². The molecule has 25 heavy (non-hydrogen) atoms. The second-order valence-corrected chi connectivity index (χ2v) is 7.20. The van der Waals surface area contributed by atoms with Crippen molar-refractivity contribution in [2.24, 2.45) is 0 Å². The first-order chi connectivity index (χ1) is 12.1. The fourth-order valence-electron chi connectivity index (χ4n) is 2.29. The fourth-order valence-corrected chi connectivity index (χ4v) is 3.73. The zero-order valence-corrected chi connectivity index (χ0v) is 15.7. The molecule has 1 aliphatic rings. The number of carbonyl (C=O) groups is 1. The SMILES string of the molecule is COc1ccc(N2C(=O)/C(=C/C=C/c3ccccc3Cl)SC2=S)cc1. The molecule has 0 bridgehead atoms. The zero-order chi connectivity index (χ0) is 17.8. The number of anilines is 1. The van der Waals surface area contributed by atoms with Gasteiger partial charge in [0, 0.05) is 5.02 Å². The van der Waals surface area contributed by atoms with Gasteiger partial charge in [-0.1, -0.05) is 65.9 Å². The predicted octanol–water partition coefficient (Wildman–Crippen LogP) is 5.31. The second kappa shape index (κ2) is 7.87. The zero-order valence-electron chi connectivity index (χ0n) is 13.3. The number of hydrogen-bond acceptors (Lipinski definition) is 4. The highest BCUT2D eigenvalue weighted by Gasteiger charge is 2.32. The number of thiocarbonyl (C=S) groups is 1. The van der Waals surface area contributed by atoms with Crippen LogP contribution in [-0.4, -0.2) is 17.3 Å². The largest absolute Gasteiger partial charge is 0.497 e. The van der Waals surface area contributed by atoms with Gasteiger partial charge in [-0.3, -0.25) is 9.69 Å². The second-order valence-electron chi connectivity index (χ2n) is 5.12. The summed E-state index contributed by atoms with van der Waals surface area (Å²) < 4.78 is 5.65. The number of thioether (sulfide) groups is 1. The summed E-state index contributed by atoms with van der Waals surface area (Å²) in [4.78, 5) is 14.7. The van der Waals surface area contributed by atoms with E-state index in [1.165, 1.54) is 16.7 Å². The van der Waals surface area contributed by atoms with Crippen LogP contribution < -0.4 is 9.64 Å². The molecule has 1 amide bonds. The number of hydrogen-bond donors (Lipinski definition) is 0. The van der Waals surface area contributed by atoms with Crippen molar-refractivity contribution in [3.05, 3.63) is 76.2 Å². The molecule has 1 heterocycles. The number of methoxy groups -OCH3 is 1. The molecule has 1 aliphatic heterocycles. The average molecular weight is 388 g/mol. The first-order valence-electron chi connectivity index (χ1n) is 7.43. The molecule has 1 saturated heterocycles. The topological polar surface area (TPSA) is 29.5 Å². The van der Waals surface area contributed by atoms with Crippen molar-refractivity contribution in [3.8, 4) is 5.75 Å². The first kappa shape index (κ1) is 17.7. The van der Waals surface area contributed by atoms with E-state index in [1.807, 2.05) is 48.6 Å². The molecule has 0 radical (unpaired) electrons. The minimum Gasteiger partial charge on any atom is -0.497 e. The Bertz CT molecular complexity index is 875. The van der Waals surface area contributed by atoms with Gasteiger partial charge in [-0.25, -0.2) is 0 Å². The maximum Gasteiger partial charge on any atom is 0.270 e. The van der Waals surface area contributed by atoms with Gasteiger partial charge in [0.15, 0.2) is 4.32 Å². The van der Waals surface area contributed by atoms with Crippen molar-refractivity contribution in [1.82, 2.24) is 0 Å². The number of carbonyl (C=O) groups excluding carboxylic acids is 1. The van der Waals surface area contributed by atoms with Crippen molar-refractivity contribution in [2.45, 2.75) is 0 Å². The van der Waals surface area contributed by atoms with E-state index in [-0.39, 0.29) is 5.91 Å². The van der Waals surface area contributed by atoms with E-state index in [1.54, 1.807) is 25.3 Å². The molecule has 126 valence electrons. The Morgan fingerprint density at radius 2 is 1.88 bits per heavy atom. The lowest BCUT2D eigenvalue weighted by atomic mass is 10.2. The standard InChI is InChI=1S/C19H14ClNO2S2/c1-23-15-11-9-14(10-12-15)21-18(22)17(25-19(21)24)8-4-6-13-5-2-3-7-16(13)20/h2-12H,1H3/b6-4+,17-8-. The highest BCUT2D eigenvalue weighted by molar-refractivity contribution is 8.27. The van der Waals surface area contributed by atoms with Gasteiger partial charge in [0.05, 0.1) is 17.7 Å². The maximum absolute atomic E-state index is 12.6. The Morgan fingerprint density at radius 1 is 1.16 bits per heavy atom. The lowest BCUT2D eigenvalue weighted by Gasteiger charge is -2.14. The maximum atomic E-state index is 12.6. The molecule has 0 unspecified atom stereocenters. The third kappa shape index (κ3) is 3.95. The van der Waals surface area contributed by atoms with Crippen molar-refractivity contribution in [1.29, 1.82) is 0 Å². The molecule has 0 saturated carbocycles. The van der Waals surface area contributed by atoms with Gasteiger partial charge in [0.1, 0.15) is 5.75 Å². The van der Waals surface area contributed by atoms with Crippen LogP contribution in [0, 0.1) is 0 Å². The Balaban J connectivity index is 1.79. The van der Waals surface area contributed by atoms with Gasteiger partial charge in [-0.15, -0.1) is 0 Å². The summed E-state index contributed by atoms with van der Waals surface area (Å²) in [5, 5.41) is 0.665. The van der Waals surface area contributed by atoms with Gasteiger partial charge >= 0.3 is 0 Å². The van der Waals surface area contributed by atoms with Crippen molar-refractivity contribution in [2.75, 3.05) is 12.0 Å². The number of nitrogens with zero attached hydrogens (tertiary/aromatic N) is 1. The summed E-state index contributed by atoms with van der Waals surface area (Å²) in [5.74, 6) is 0.594. The summed E-state index contributed by atoms with van der Waals surface area (Å²) >= 11 is 12.7. The highest BCUT2D eigenvalue weighted by atomic mass is 35.5. The van der Waals surface area contributed by atoms with Crippen LogP contribution in [0.15, 0.2) is 65.6 Å². The Labute approximate surface area is 160 Å². The minimum absolute atomic E-state index is 0.135. The number of rotatable bonds is 4. The van der Waals surface area contributed by atoms with Crippen molar-refractivity contribution < 1.29 is 9.53 Å². The van der Waals surface area contributed by atoms with Crippen LogP contribution in [0.25, 0.3) is 6.08 Å². The van der Waals surface area contributed by atoms with E-state index in [4.69, 9.17) is 28.6 Å². The summed E-state index contributed by atoms with van der Waals surface area (Å²) in [5.41, 5.74) is 1.62. The van der Waals surface area contributed by atoms with E-state index >= 15 is 0 Å². The monoisotopic (exact) mass is 387 g/mol. The normalized spacial score (nSPS) is 16.2. The van der Waals surface area contributed by atoms with E-state index in [0.29, 0.717) is 14.2 Å². The molecule has 0 N–H and O–H groups in total. The third-order valence-corrected chi connectivity index (χ3v) is 5.22. The molecule has 1 fully saturated rings. The molecule has 2 aromatic rings. The van der Waals surface area contributed by atoms with Crippen LogP contribution in [0.2, 0.25) is 5.02 Å². The molecule has 6 heteroatoms. The molecule has 0 aromatic heterocycles. The van der Waals surface area contributed by atoms with Gasteiger partial charge in [0.2, 0.25) is 0 Å². The molecule has 0 aliphatic carbocycles. The predicted molar refractivity (Wildman–Crippen MR) is 109 cm³/mol. The third-order valence-electron chi connectivity index (χ3n) is 3.55. The average Bonchev–Trinajstić information content (AvgIpc) is 2.90. The number of benzene rings is 2. The van der Waals surface area contributed by atoms with Gasteiger partial charge < -0.3 is 4.74 Å². The van der Waals surface area contributed by atoms with Crippen LogP contribution in [0.4, 0.5) is 5.69 Å². The van der Waals surface area contributed by atoms with Crippen molar-refractivity contribution >= 4 is 57.6 Å². The van der Waals surface area contributed by atoms with Gasteiger partial charge in [0.25, 0.3) is 5.91 Å². The Kier molecular flexibility index (Phi) is 5.58. The summed E-state index contributed by atoms with van der Waals surface area (Å²) in [6.07, 6.45) is 5.43. The molecule has 2 aromatic carbocycles. The van der Waals surface area contributed by atoms with Gasteiger partial charge in [-0.2, -0.15) is 0 Å². The fraction of sp³-hybridized carbons (Fsp3) is 0.0526. The molecule has 0 atom stereocenters. The molecular weight excluding hydrogens is 374 g/mol. The summed E-state index contributed by atoms with van der Waals surface area (Å²) in [7, 11) is 1.60. The molecule has 0 spiro atoms. The van der Waals surface area contributed by atoms with E-state index in [9.17, 15) is 4.79 Å². The lowest BCUT2D eigenvalue weighted by Crippen LogP contribution is -2.27. The number of amides is 1. The van der Waals surface area contributed by atoms with E-state index < -0.39 is 0 Å². The molecular formula is C19H14ClNO2S2. The van der Waals surface area contributed by atoms with Crippen LogP contribution in [0.5, 0.6) is 5.75 Å². The molecule has 3 rings (SSSR count). The summed E-state index contributed by atoms with van der Waals surface area (Å²) in [6.45, 7) is 0. The van der Waals surface area contributed by atoms with Crippen LogP contribution in [-0.2, 0) is 4.79 Å². The minimum atomic E-state index is -0.135. The molecule has 3 nitrogen and oxygen atoms in total. The lowest BCUT2D eigenvalue weighted by molar-refractivity contribution is -0.113. The van der Waals surface area contributed by atoms with Crippen LogP contribution in [0.3, 0.4) is 0 Å². The Hall–Kier alpha value is -2.08. The smallest absolute Gasteiger partial charge is 0.270 e. The number of ether oxygens (including phenoxy) is 1. The van der Waals surface area contributed by atoms with Crippen molar-refractivity contribution in [3.63, 3.8) is 0 Å². The van der Waals surface area contributed by atoms with Crippen LogP contribution in [0.1, 0.15) is 5.56 Å². The number of allylic oxidation sites excluding steroid dienone is 2. The van der Waals surface area contributed by atoms with E-state index in [0.717, 1.165) is 17.0 Å². The quantitative estimate of drug-likeness (QED) is 0.525. The number of halogens is 1.